The van der Waals surface area contributed by atoms with Crippen molar-refractivity contribution >= 4 is 11.8 Å². The van der Waals surface area contributed by atoms with E-state index in [-0.39, 0.29) is 18.8 Å². The van der Waals surface area contributed by atoms with E-state index in [2.05, 4.69) is 0 Å². The first-order chi connectivity index (χ1) is 7.50. The monoisotopic (exact) mass is 258 g/mol. The van der Waals surface area contributed by atoms with E-state index in [0.717, 1.165) is 0 Å². The Bertz CT molecular complexity index is 367. The molecule has 7 heteroatoms. The molecule has 0 amide bonds. The van der Waals surface area contributed by atoms with Gasteiger partial charge >= 0.3 is 0 Å². The van der Waals surface area contributed by atoms with Gasteiger partial charge in [-0.1, -0.05) is 0 Å². The Kier molecular flexibility index (Phi) is 4.55. The molecule has 0 unspecified atom stereocenters. The molecule has 0 atom stereocenters. The zero-order chi connectivity index (χ0) is 12.3. The number of benzene rings is 1. The van der Waals surface area contributed by atoms with Gasteiger partial charge in [-0.3, -0.25) is 0 Å². The van der Waals surface area contributed by atoms with Crippen molar-refractivity contribution in [3.63, 3.8) is 0 Å². The normalized spacial score (nSPS) is 10.9. The van der Waals surface area contributed by atoms with Crippen LogP contribution in [0.2, 0.25) is 0 Å². The van der Waals surface area contributed by atoms with Crippen molar-refractivity contribution in [1.29, 1.82) is 0 Å². The van der Waals surface area contributed by atoms with Gasteiger partial charge in [-0.25, -0.2) is 22.0 Å². The largest absolute Gasteiger partial charge is 0.396 e. The van der Waals surface area contributed by atoms with Crippen LogP contribution >= 0.6 is 11.8 Å². The Hall–Kier alpha value is -0.820. The topological polar surface area (TPSA) is 20.2 Å². The highest BCUT2D eigenvalue weighted by Crippen LogP contribution is 2.30. The summed E-state index contributed by atoms with van der Waals surface area (Å²) < 4.78 is 64.0. The second kappa shape index (κ2) is 5.49. The van der Waals surface area contributed by atoms with Crippen molar-refractivity contribution in [2.24, 2.45) is 0 Å². The standard InChI is InChI=1S/C9H7F5OS/c10-4-5(11)7(13)9(8(14)6(4)12)16-3-1-2-15/h15H,1-3H2. The van der Waals surface area contributed by atoms with Crippen LogP contribution in [0, 0.1) is 29.1 Å². The summed E-state index contributed by atoms with van der Waals surface area (Å²) in [6.07, 6.45) is 0.199. The number of aliphatic hydroxyl groups is 1. The first-order valence-corrected chi connectivity index (χ1v) is 5.24. The number of aliphatic hydroxyl groups excluding tert-OH is 1. The molecule has 16 heavy (non-hydrogen) atoms. The summed E-state index contributed by atoms with van der Waals surface area (Å²) in [5, 5.41) is 8.43. The van der Waals surface area contributed by atoms with Gasteiger partial charge in [-0.15, -0.1) is 11.8 Å². The molecule has 0 fully saturated rings. The highest BCUT2D eigenvalue weighted by Gasteiger charge is 2.25. The number of hydrogen-bond acceptors (Lipinski definition) is 2. The Labute approximate surface area is 92.3 Å². The lowest BCUT2D eigenvalue weighted by molar-refractivity contribution is 0.296. The molecule has 0 aliphatic carbocycles. The van der Waals surface area contributed by atoms with Gasteiger partial charge in [0.1, 0.15) is 0 Å². The lowest BCUT2D eigenvalue weighted by Crippen LogP contribution is -2.03. The van der Waals surface area contributed by atoms with Gasteiger partial charge in [0, 0.05) is 12.4 Å². The van der Waals surface area contributed by atoms with Gasteiger partial charge in [0.15, 0.2) is 23.3 Å². The van der Waals surface area contributed by atoms with E-state index >= 15 is 0 Å². The summed E-state index contributed by atoms with van der Waals surface area (Å²) in [7, 11) is 0. The second-order valence-corrected chi connectivity index (χ2v) is 3.93. The van der Waals surface area contributed by atoms with Crippen LogP contribution in [0.5, 0.6) is 0 Å². The molecule has 0 heterocycles. The number of hydrogen-bond donors (Lipinski definition) is 1. The summed E-state index contributed by atoms with van der Waals surface area (Å²) in [5.41, 5.74) is 0. The predicted molar refractivity (Wildman–Crippen MR) is 48.7 cm³/mol. The molecule has 0 spiro atoms. The van der Waals surface area contributed by atoms with Gasteiger partial charge in [0.25, 0.3) is 0 Å². The van der Waals surface area contributed by atoms with Crippen LogP contribution in [0.15, 0.2) is 4.90 Å². The van der Waals surface area contributed by atoms with Crippen molar-refractivity contribution < 1.29 is 27.1 Å². The highest BCUT2D eigenvalue weighted by atomic mass is 32.2. The molecular weight excluding hydrogens is 251 g/mol. The fourth-order valence-electron chi connectivity index (χ4n) is 0.950. The second-order valence-electron chi connectivity index (χ2n) is 2.82. The fraction of sp³-hybridized carbons (Fsp3) is 0.333. The molecule has 90 valence electrons. The first-order valence-electron chi connectivity index (χ1n) is 4.25. The maximum atomic E-state index is 13.0. The third-order valence-corrected chi connectivity index (χ3v) is 2.86. The number of halogens is 5. The minimum atomic E-state index is -2.17. The minimum absolute atomic E-state index is 0.0643. The SMILES string of the molecule is OCCCSc1c(F)c(F)c(F)c(F)c1F. The summed E-state index contributed by atoms with van der Waals surface area (Å²) >= 11 is 0.479. The molecule has 0 aliphatic rings. The van der Waals surface area contributed by atoms with E-state index in [0.29, 0.717) is 11.8 Å². The smallest absolute Gasteiger partial charge is 0.200 e. The van der Waals surface area contributed by atoms with E-state index < -0.39 is 34.0 Å². The molecule has 1 aromatic rings. The van der Waals surface area contributed by atoms with Crippen LogP contribution in [-0.2, 0) is 0 Å². The van der Waals surface area contributed by atoms with E-state index in [1.54, 1.807) is 0 Å². The maximum absolute atomic E-state index is 13.0. The van der Waals surface area contributed by atoms with Crippen LogP contribution in [0.1, 0.15) is 6.42 Å². The quantitative estimate of drug-likeness (QED) is 0.294. The molecule has 1 nitrogen and oxygen atoms in total. The molecule has 0 aliphatic heterocycles. The zero-order valence-electron chi connectivity index (χ0n) is 7.87. The molecule has 0 radical (unpaired) electrons. The zero-order valence-corrected chi connectivity index (χ0v) is 8.68. The Balaban J connectivity index is 3.08. The third-order valence-electron chi connectivity index (χ3n) is 1.72. The van der Waals surface area contributed by atoms with Crippen molar-refractivity contribution in [1.82, 2.24) is 0 Å². The average molecular weight is 258 g/mol. The van der Waals surface area contributed by atoms with Crippen LogP contribution in [-0.4, -0.2) is 17.5 Å². The molecule has 1 rings (SSSR count). The Morgan fingerprint density at radius 1 is 0.812 bits per heavy atom. The van der Waals surface area contributed by atoms with Gasteiger partial charge < -0.3 is 5.11 Å². The molecule has 1 N–H and O–H groups in total. The van der Waals surface area contributed by atoms with Crippen molar-refractivity contribution in [3.8, 4) is 0 Å². The molecule has 0 bridgehead atoms. The van der Waals surface area contributed by atoms with E-state index in [9.17, 15) is 22.0 Å². The first kappa shape index (κ1) is 13.2. The van der Waals surface area contributed by atoms with E-state index in [4.69, 9.17) is 5.11 Å². The third kappa shape index (κ3) is 2.46. The van der Waals surface area contributed by atoms with Crippen molar-refractivity contribution in [2.45, 2.75) is 11.3 Å². The van der Waals surface area contributed by atoms with E-state index in [1.165, 1.54) is 0 Å². The van der Waals surface area contributed by atoms with Gasteiger partial charge in [0.2, 0.25) is 5.82 Å². The molecule has 1 aromatic carbocycles. The summed E-state index contributed by atoms with van der Waals surface area (Å²) in [6.45, 7) is -0.220. The minimum Gasteiger partial charge on any atom is -0.396 e. The predicted octanol–water partition coefficient (Wildman–Crippen LogP) is 2.86. The van der Waals surface area contributed by atoms with Gasteiger partial charge in [-0.05, 0) is 6.42 Å². The Morgan fingerprint density at radius 2 is 1.25 bits per heavy atom. The fourth-order valence-corrected chi connectivity index (χ4v) is 1.86. The summed E-state index contributed by atoms with van der Waals surface area (Å²) in [6, 6.07) is 0. The van der Waals surface area contributed by atoms with Crippen LogP contribution in [0.25, 0.3) is 0 Å². The van der Waals surface area contributed by atoms with Crippen LogP contribution in [0.4, 0.5) is 22.0 Å². The average Bonchev–Trinajstić information content (AvgIpc) is 2.28. The van der Waals surface area contributed by atoms with Crippen LogP contribution < -0.4 is 0 Å². The molecule has 0 saturated heterocycles. The van der Waals surface area contributed by atoms with E-state index in [1.807, 2.05) is 0 Å². The lowest BCUT2D eigenvalue weighted by atomic mass is 10.3. The van der Waals surface area contributed by atoms with Gasteiger partial charge in [0.05, 0.1) is 4.90 Å². The number of thioether (sulfide) groups is 1. The lowest BCUT2D eigenvalue weighted by Gasteiger charge is -2.06. The summed E-state index contributed by atoms with van der Waals surface area (Å²) in [5.74, 6) is -9.68. The molecule has 0 aromatic heterocycles. The Morgan fingerprint density at radius 3 is 1.69 bits per heavy atom. The molecule has 0 saturated carbocycles. The van der Waals surface area contributed by atoms with Crippen LogP contribution in [0.3, 0.4) is 0 Å². The summed E-state index contributed by atoms with van der Waals surface area (Å²) in [4.78, 5) is -0.912. The highest BCUT2D eigenvalue weighted by molar-refractivity contribution is 7.99. The molecular formula is C9H7F5OS. The van der Waals surface area contributed by atoms with Crippen molar-refractivity contribution in [2.75, 3.05) is 12.4 Å². The van der Waals surface area contributed by atoms with Crippen molar-refractivity contribution in [3.05, 3.63) is 29.1 Å². The number of rotatable bonds is 4. The van der Waals surface area contributed by atoms with Gasteiger partial charge in [-0.2, -0.15) is 0 Å². The maximum Gasteiger partial charge on any atom is 0.200 e.